The predicted octanol–water partition coefficient (Wildman–Crippen LogP) is 2.98. The zero-order valence-corrected chi connectivity index (χ0v) is 19.6. The summed E-state index contributed by atoms with van der Waals surface area (Å²) < 4.78 is 33.6. The van der Waals surface area contributed by atoms with E-state index >= 15 is 0 Å². The molecule has 2 heterocycles. The van der Waals surface area contributed by atoms with Gasteiger partial charge in [0.15, 0.2) is 0 Å². The van der Waals surface area contributed by atoms with Crippen LogP contribution in [0.25, 0.3) is 10.2 Å². The maximum Gasteiger partial charge on any atom is 0.281 e. The molecule has 4 aromatic rings. The summed E-state index contributed by atoms with van der Waals surface area (Å²) in [6.07, 6.45) is 0. The Hall–Kier alpha value is -3.70. The van der Waals surface area contributed by atoms with Crippen LogP contribution in [0.5, 0.6) is 5.75 Å². The lowest BCUT2D eigenvalue weighted by Crippen LogP contribution is -2.35. The Morgan fingerprint density at radius 3 is 2.58 bits per heavy atom. The maximum atomic E-state index is 13.1. The summed E-state index contributed by atoms with van der Waals surface area (Å²) in [5.74, 6) is 0.274. The highest BCUT2D eigenvalue weighted by Crippen LogP contribution is 2.25. The number of nitrogens with one attached hydrogen (secondary N) is 1. The number of hydrogen-bond donors (Lipinski definition) is 1. The number of methoxy groups -OCH3 is 1. The summed E-state index contributed by atoms with van der Waals surface area (Å²) in [4.78, 5) is 30.4. The summed E-state index contributed by atoms with van der Waals surface area (Å²) in [6, 6.07) is 13.8. The molecule has 170 valence electrons. The number of sulfonamides is 1. The Bertz CT molecular complexity index is 1510. The molecule has 9 nitrogen and oxygen atoms in total. The molecular weight excluding hydrogens is 464 g/mol. The van der Waals surface area contributed by atoms with E-state index in [9.17, 15) is 18.0 Å². The topological polar surface area (TPSA) is 111 Å². The van der Waals surface area contributed by atoms with Crippen LogP contribution in [-0.4, -0.2) is 38.1 Å². The summed E-state index contributed by atoms with van der Waals surface area (Å²) in [6.45, 7) is 1.60. The van der Waals surface area contributed by atoms with E-state index in [2.05, 4.69) is 10.4 Å². The van der Waals surface area contributed by atoms with Crippen molar-refractivity contribution in [2.24, 2.45) is 0 Å². The third kappa shape index (κ3) is 4.20. The molecule has 2 aromatic carbocycles. The molecule has 0 aliphatic rings. The van der Waals surface area contributed by atoms with Gasteiger partial charge in [-0.25, -0.2) is 18.1 Å². The van der Waals surface area contributed by atoms with Crippen LogP contribution < -0.4 is 20.0 Å². The molecule has 4 rings (SSSR count). The fraction of sp³-hybridized carbons (Fsp3) is 0.136. The largest absolute Gasteiger partial charge is 0.497 e. The van der Waals surface area contributed by atoms with Crippen LogP contribution in [0, 0.1) is 6.92 Å². The van der Waals surface area contributed by atoms with Crippen molar-refractivity contribution in [2.75, 3.05) is 23.9 Å². The summed E-state index contributed by atoms with van der Waals surface area (Å²) in [7, 11) is -0.996. The second-order valence-electron chi connectivity index (χ2n) is 7.08. The van der Waals surface area contributed by atoms with E-state index in [1.807, 2.05) is 0 Å². The van der Waals surface area contributed by atoms with E-state index in [-0.39, 0.29) is 10.5 Å². The molecule has 0 radical (unpaired) electrons. The van der Waals surface area contributed by atoms with Crippen molar-refractivity contribution in [2.45, 2.75) is 11.8 Å². The van der Waals surface area contributed by atoms with E-state index in [4.69, 9.17) is 4.74 Å². The first-order valence-electron chi connectivity index (χ1n) is 9.73. The van der Waals surface area contributed by atoms with Gasteiger partial charge in [0, 0.05) is 12.6 Å². The van der Waals surface area contributed by atoms with Gasteiger partial charge in [0.25, 0.3) is 21.5 Å². The highest BCUT2D eigenvalue weighted by atomic mass is 32.2. The first-order valence-corrected chi connectivity index (χ1v) is 12.1. The molecule has 0 saturated heterocycles. The number of rotatable bonds is 6. The van der Waals surface area contributed by atoms with Gasteiger partial charge >= 0.3 is 0 Å². The van der Waals surface area contributed by atoms with Gasteiger partial charge in [-0.3, -0.25) is 19.3 Å². The lowest BCUT2D eigenvalue weighted by atomic mass is 10.2. The van der Waals surface area contributed by atoms with Crippen molar-refractivity contribution in [3.05, 3.63) is 81.7 Å². The number of anilines is 1. The van der Waals surface area contributed by atoms with Crippen LogP contribution in [-0.2, 0) is 10.0 Å². The molecule has 0 unspecified atom stereocenters. The zero-order chi connectivity index (χ0) is 23.8. The zero-order valence-electron chi connectivity index (χ0n) is 18.0. The molecule has 33 heavy (non-hydrogen) atoms. The number of ether oxygens (including phenoxy) is 1. The van der Waals surface area contributed by atoms with Crippen molar-refractivity contribution >= 4 is 43.2 Å². The molecular formula is C22H20N4O5S2. The van der Waals surface area contributed by atoms with Crippen molar-refractivity contribution < 1.29 is 17.9 Å². The lowest BCUT2D eigenvalue weighted by Gasteiger charge is -2.20. The van der Waals surface area contributed by atoms with E-state index in [0.29, 0.717) is 27.5 Å². The van der Waals surface area contributed by atoms with Crippen LogP contribution in [0.4, 0.5) is 5.69 Å². The second-order valence-corrected chi connectivity index (χ2v) is 9.94. The quantitative estimate of drug-likeness (QED) is 0.451. The van der Waals surface area contributed by atoms with Crippen LogP contribution in [0.1, 0.15) is 16.2 Å². The molecule has 0 bridgehead atoms. The summed E-state index contributed by atoms with van der Waals surface area (Å²) in [5.41, 5.74) is 2.62. The van der Waals surface area contributed by atoms with Crippen molar-refractivity contribution in [3.8, 4) is 5.75 Å². The molecule has 11 heteroatoms. The number of nitrogens with zero attached hydrogens (tertiary/aromatic N) is 3. The maximum absolute atomic E-state index is 13.1. The Labute approximate surface area is 193 Å². The molecule has 2 aromatic heterocycles. The number of aromatic nitrogens is 2. The molecule has 1 N–H and O–H groups in total. The number of amides is 1. The predicted molar refractivity (Wildman–Crippen MR) is 127 cm³/mol. The van der Waals surface area contributed by atoms with Gasteiger partial charge in [-0.05, 0) is 60.8 Å². The average molecular weight is 485 g/mol. The lowest BCUT2D eigenvalue weighted by molar-refractivity contribution is 0.101. The number of carbonyl (C=O) groups excluding carboxylic acids is 1. The standard InChI is InChI=1S/C22H20N4O5S2/c1-14-23-21-19(11-12-32-21)22(28)26(14)24-20(27)15-5-4-6-18(13-15)33(29,30)25(2)16-7-9-17(31-3)10-8-16/h4-13H,1-3H3,(H,24,27). The van der Waals surface area contributed by atoms with Crippen LogP contribution in [0.2, 0.25) is 0 Å². The number of benzene rings is 2. The van der Waals surface area contributed by atoms with Gasteiger partial charge in [0.2, 0.25) is 0 Å². The van der Waals surface area contributed by atoms with E-state index in [1.54, 1.807) is 42.6 Å². The number of aryl methyl sites for hydroxylation is 1. The first-order chi connectivity index (χ1) is 15.7. The van der Waals surface area contributed by atoms with Gasteiger partial charge in [-0.2, -0.15) is 0 Å². The smallest absolute Gasteiger partial charge is 0.281 e. The molecule has 0 aliphatic heterocycles. The molecule has 0 spiro atoms. The summed E-state index contributed by atoms with van der Waals surface area (Å²) >= 11 is 1.33. The van der Waals surface area contributed by atoms with Gasteiger partial charge in [-0.15, -0.1) is 11.3 Å². The highest BCUT2D eigenvalue weighted by molar-refractivity contribution is 7.92. The first kappa shape index (κ1) is 22.5. The van der Waals surface area contributed by atoms with Gasteiger partial charge < -0.3 is 4.74 Å². The van der Waals surface area contributed by atoms with Crippen LogP contribution in [0.15, 0.2) is 69.7 Å². The Kier molecular flexibility index (Phi) is 5.91. The minimum absolute atomic E-state index is 0.0658. The van der Waals surface area contributed by atoms with E-state index in [1.165, 1.54) is 49.8 Å². The van der Waals surface area contributed by atoms with Gasteiger partial charge in [0.05, 0.1) is 23.1 Å². The molecule has 1 amide bonds. The van der Waals surface area contributed by atoms with E-state index < -0.39 is 21.5 Å². The third-order valence-electron chi connectivity index (χ3n) is 5.07. The van der Waals surface area contributed by atoms with Crippen LogP contribution in [0.3, 0.4) is 0 Å². The Morgan fingerprint density at radius 1 is 1.15 bits per heavy atom. The minimum Gasteiger partial charge on any atom is -0.497 e. The number of hydrogen-bond acceptors (Lipinski definition) is 7. The molecule has 0 saturated carbocycles. The minimum atomic E-state index is -3.95. The summed E-state index contributed by atoms with van der Waals surface area (Å²) in [5, 5.41) is 2.14. The van der Waals surface area contributed by atoms with Crippen molar-refractivity contribution in [1.82, 2.24) is 9.66 Å². The Balaban J connectivity index is 1.63. The fourth-order valence-electron chi connectivity index (χ4n) is 3.20. The Morgan fingerprint density at radius 2 is 1.88 bits per heavy atom. The van der Waals surface area contributed by atoms with Crippen molar-refractivity contribution in [1.29, 1.82) is 0 Å². The monoisotopic (exact) mass is 484 g/mol. The molecule has 0 atom stereocenters. The SMILES string of the molecule is COc1ccc(N(C)S(=O)(=O)c2cccc(C(=O)Nn3c(C)nc4sccc4c3=O)c2)cc1. The van der Waals surface area contributed by atoms with Gasteiger partial charge in [0.1, 0.15) is 16.4 Å². The van der Waals surface area contributed by atoms with Crippen molar-refractivity contribution in [3.63, 3.8) is 0 Å². The fourth-order valence-corrected chi connectivity index (χ4v) is 5.24. The van der Waals surface area contributed by atoms with Crippen LogP contribution >= 0.6 is 11.3 Å². The second kappa shape index (κ2) is 8.68. The number of thiophene rings is 1. The third-order valence-corrected chi connectivity index (χ3v) is 7.66. The number of carbonyl (C=O) groups is 1. The normalized spacial score (nSPS) is 11.4. The average Bonchev–Trinajstić information content (AvgIpc) is 3.29. The number of fused-ring (bicyclic) bond motifs is 1. The van der Waals surface area contributed by atoms with E-state index in [0.717, 1.165) is 8.98 Å². The molecule has 0 aliphatic carbocycles. The molecule has 0 fully saturated rings. The van der Waals surface area contributed by atoms with Gasteiger partial charge in [-0.1, -0.05) is 6.07 Å². The highest BCUT2D eigenvalue weighted by Gasteiger charge is 2.23.